The highest BCUT2D eigenvalue weighted by Crippen LogP contribution is 2.70. The van der Waals surface area contributed by atoms with E-state index in [0.717, 1.165) is 11.4 Å². The number of pyridine rings is 1. The summed E-state index contributed by atoms with van der Waals surface area (Å²) in [6, 6.07) is 13.0. The summed E-state index contributed by atoms with van der Waals surface area (Å²) in [5, 5.41) is 1.25. The fraction of sp³-hybridized carbons (Fsp3) is 0.526. The first-order valence-electron chi connectivity index (χ1n) is 7.88. The predicted molar refractivity (Wildman–Crippen MR) is 83.7 cm³/mol. The number of para-hydroxylation sites is 1. The fourth-order valence-corrected chi connectivity index (χ4v) is 4.93. The molecule has 1 heteroatoms. The maximum atomic E-state index is 4.99. The zero-order valence-corrected chi connectivity index (χ0v) is 12.7. The van der Waals surface area contributed by atoms with Crippen molar-refractivity contribution in [2.24, 2.45) is 16.7 Å². The first kappa shape index (κ1) is 12.4. The van der Waals surface area contributed by atoms with Crippen molar-refractivity contribution in [1.82, 2.24) is 4.98 Å². The van der Waals surface area contributed by atoms with Gasteiger partial charge in [0.1, 0.15) is 0 Å². The van der Waals surface area contributed by atoms with Crippen LogP contribution in [-0.4, -0.2) is 4.98 Å². The van der Waals surface area contributed by atoms with E-state index in [0.29, 0.717) is 16.7 Å². The monoisotopic (exact) mass is 265 g/mol. The Morgan fingerprint density at radius 2 is 1.85 bits per heavy atom. The average molecular weight is 265 g/mol. The maximum absolute atomic E-state index is 4.99. The van der Waals surface area contributed by atoms with Crippen LogP contribution in [0.15, 0.2) is 36.4 Å². The van der Waals surface area contributed by atoms with E-state index in [1.165, 1.54) is 30.3 Å². The second-order valence-electron chi connectivity index (χ2n) is 7.59. The van der Waals surface area contributed by atoms with Crippen LogP contribution in [0.2, 0.25) is 0 Å². The summed E-state index contributed by atoms with van der Waals surface area (Å²) in [5.74, 6) is 1.52. The first-order valence-corrected chi connectivity index (χ1v) is 7.88. The van der Waals surface area contributed by atoms with Crippen molar-refractivity contribution in [2.75, 3.05) is 0 Å². The lowest BCUT2D eigenvalue weighted by Gasteiger charge is -2.39. The number of nitrogens with zero attached hydrogens (tertiary/aromatic N) is 1. The van der Waals surface area contributed by atoms with Crippen molar-refractivity contribution in [3.63, 3.8) is 0 Å². The summed E-state index contributed by atoms with van der Waals surface area (Å²) in [5.41, 5.74) is 3.36. The van der Waals surface area contributed by atoms with Crippen molar-refractivity contribution < 1.29 is 0 Å². The van der Waals surface area contributed by atoms with Gasteiger partial charge in [0.05, 0.1) is 5.52 Å². The third-order valence-electron chi connectivity index (χ3n) is 6.77. The van der Waals surface area contributed by atoms with E-state index in [1.54, 1.807) is 0 Å². The predicted octanol–water partition coefficient (Wildman–Crippen LogP) is 5.16. The minimum Gasteiger partial charge on any atom is -0.253 e. The normalized spacial score (nSPS) is 34.8. The van der Waals surface area contributed by atoms with Crippen LogP contribution in [0.25, 0.3) is 10.9 Å². The number of aromatic nitrogens is 1. The molecule has 2 fully saturated rings. The highest BCUT2D eigenvalue weighted by atomic mass is 14.8. The summed E-state index contributed by atoms with van der Waals surface area (Å²) in [4.78, 5) is 4.99. The molecule has 2 saturated carbocycles. The van der Waals surface area contributed by atoms with Gasteiger partial charge in [0.2, 0.25) is 0 Å². The van der Waals surface area contributed by atoms with Crippen LogP contribution in [0.1, 0.15) is 51.6 Å². The molecule has 3 unspecified atom stereocenters. The summed E-state index contributed by atoms with van der Waals surface area (Å²) in [6.45, 7) is 7.46. The molecule has 3 atom stereocenters. The Bertz CT molecular complexity index is 672. The summed E-state index contributed by atoms with van der Waals surface area (Å²) in [6.07, 6.45) is 4.10. The molecule has 0 saturated heterocycles. The molecule has 0 radical (unpaired) electrons. The number of benzene rings is 1. The Kier molecular flexibility index (Phi) is 2.38. The molecule has 0 aliphatic heterocycles. The van der Waals surface area contributed by atoms with Crippen LogP contribution in [0.5, 0.6) is 0 Å². The quantitative estimate of drug-likeness (QED) is 0.693. The third kappa shape index (κ3) is 1.41. The molecule has 0 amide bonds. The van der Waals surface area contributed by atoms with Gasteiger partial charge in [-0.3, -0.25) is 4.98 Å². The maximum Gasteiger partial charge on any atom is 0.0705 e. The number of hydrogen-bond donors (Lipinski definition) is 0. The molecule has 2 aliphatic rings. The molecule has 0 spiro atoms. The molecule has 2 bridgehead atoms. The Labute approximate surface area is 121 Å². The zero-order chi connectivity index (χ0) is 14.0. The van der Waals surface area contributed by atoms with Crippen molar-refractivity contribution in [3.05, 3.63) is 42.1 Å². The Morgan fingerprint density at radius 3 is 2.55 bits per heavy atom. The Hall–Kier alpha value is -1.37. The molecule has 1 heterocycles. The van der Waals surface area contributed by atoms with E-state index in [9.17, 15) is 0 Å². The van der Waals surface area contributed by atoms with Crippen molar-refractivity contribution in [3.8, 4) is 0 Å². The minimum atomic E-state index is 0.424. The molecule has 1 aromatic heterocycles. The van der Waals surface area contributed by atoms with Crippen molar-refractivity contribution in [1.29, 1.82) is 0 Å². The van der Waals surface area contributed by atoms with E-state index >= 15 is 0 Å². The van der Waals surface area contributed by atoms with Crippen LogP contribution in [0.3, 0.4) is 0 Å². The van der Waals surface area contributed by atoms with Gasteiger partial charge in [-0.15, -0.1) is 0 Å². The molecule has 4 rings (SSSR count). The number of rotatable bonds is 1. The van der Waals surface area contributed by atoms with E-state index in [4.69, 9.17) is 4.98 Å². The number of hydrogen-bond acceptors (Lipinski definition) is 1. The van der Waals surface area contributed by atoms with Crippen LogP contribution in [0.4, 0.5) is 0 Å². The molecule has 1 nitrogen and oxygen atoms in total. The lowest BCUT2D eigenvalue weighted by Crippen LogP contribution is -2.31. The van der Waals surface area contributed by atoms with Crippen molar-refractivity contribution in [2.45, 2.75) is 46.0 Å². The van der Waals surface area contributed by atoms with Crippen molar-refractivity contribution >= 4 is 10.9 Å². The van der Waals surface area contributed by atoms with Crippen LogP contribution >= 0.6 is 0 Å². The van der Waals surface area contributed by atoms with Gasteiger partial charge in [-0.2, -0.15) is 0 Å². The Balaban J connectivity index is 1.81. The van der Waals surface area contributed by atoms with Crippen LogP contribution in [-0.2, 0) is 0 Å². The summed E-state index contributed by atoms with van der Waals surface area (Å²) >= 11 is 0. The average Bonchev–Trinajstić information content (AvgIpc) is 2.79. The van der Waals surface area contributed by atoms with Gasteiger partial charge in [0, 0.05) is 17.0 Å². The summed E-state index contributed by atoms with van der Waals surface area (Å²) in [7, 11) is 0. The van der Waals surface area contributed by atoms with Gasteiger partial charge in [-0.25, -0.2) is 0 Å². The Morgan fingerprint density at radius 1 is 1.05 bits per heavy atom. The van der Waals surface area contributed by atoms with Gasteiger partial charge >= 0.3 is 0 Å². The smallest absolute Gasteiger partial charge is 0.0705 e. The number of fused-ring (bicyclic) bond motifs is 3. The van der Waals surface area contributed by atoms with Gasteiger partial charge in [-0.05, 0) is 48.1 Å². The lowest BCUT2D eigenvalue weighted by molar-refractivity contribution is 0.133. The molecule has 2 aromatic rings. The highest BCUT2D eigenvalue weighted by Gasteiger charge is 2.61. The molecular formula is C19H23N. The van der Waals surface area contributed by atoms with Gasteiger partial charge in [-0.1, -0.05) is 45.0 Å². The first-order chi connectivity index (χ1) is 9.52. The van der Waals surface area contributed by atoms with E-state index in [-0.39, 0.29) is 0 Å². The topological polar surface area (TPSA) is 12.9 Å². The zero-order valence-electron chi connectivity index (χ0n) is 12.7. The molecule has 104 valence electrons. The fourth-order valence-electron chi connectivity index (χ4n) is 4.93. The second kappa shape index (κ2) is 3.84. The third-order valence-corrected chi connectivity index (χ3v) is 6.77. The molecule has 20 heavy (non-hydrogen) atoms. The lowest BCUT2D eigenvalue weighted by atomic mass is 9.66. The van der Waals surface area contributed by atoms with Crippen LogP contribution in [0, 0.1) is 16.7 Å². The molecule has 1 aromatic carbocycles. The van der Waals surface area contributed by atoms with Gasteiger partial charge in [0.15, 0.2) is 0 Å². The molecule has 0 N–H and O–H groups in total. The second-order valence-corrected chi connectivity index (χ2v) is 7.59. The van der Waals surface area contributed by atoms with E-state index < -0.39 is 0 Å². The standard InChI is InChI=1S/C19H23N/c1-18(2)14-10-11-19(18,3)15(12-14)17-9-8-13-6-4-5-7-16(13)20-17/h4-9,14-15H,10-12H2,1-3H3. The molecule has 2 aliphatic carbocycles. The largest absolute Gasteiger partial charge is 0.253 e. The molecular weight excluding hydrogens is 242 g/mol. The van der Waals surface area contributed by atoms with E-state index in [1.807, 2.05) is 0 Å². The summed E-state index contributed by atoms with van der Waals surface area (Å²) < 4.78 is 0. The van der Waals surface area contributed by atoms with Gasteiger partial charge < -0.3 is 0 Å². The highest BCUT2D eigenvalue weighted by molar-refractivity contribution is 5.78. The SMILES string of the molecule is CC1(C)C2CCC1(C)C(c1ccc3ccccc3n1)C2. The van der Waals surface area contributed by atoms with Crippen LogP contribution < -0.4 is 0 Å². The van der Waals surface area contributed by atoms with Gasteiger partial charge in [0.25, 0.3) is 0 Å². The minimum absolute atomic E-state index is 0.424. The van der Waals surface area contributed by atoms with E-state index in [2.05, 4.69) is 57.2 Å².